The second-order valence-corrected chi connectivity index (χ2v) is 1.20. The van der Waals surface area contributed by atoms with E-state index in [1.54, 1.807) is 0 Å². The van der Waals surface area contributed by atoms with Gasteiger partial charge in [-0.2, -0.15) is 0 Å². The Hall–Kier alpha value is -1.50. The third-order valence-electron chi connectivity index (χ3n) is 0.542. The van der Waals surface area contributed by atoms with Gasteiger partial charge in [-0.15, -0.1) is 0 Å². The predicted molar refractivity (Wildman–Crippen MR) is 28.6 cm³/mol. The van der Waals surface area contributed by atoms with E-state index in [0.29, 0.717) is 0 Å². The molecule has 64 valence electrons. The molecule has 0 saturated carbocycles. The fourth-order valence-corrected chi connectivity index (χ4v) is 0.222. The molecule has 2 N–H and O–H groups in total. The Labute approximate surface area is 61.1 Å². The molecule has 0 radical (unpaired) electrons. The van der Waals surface area contributed by atoms with Crippen LogP contribution < -0.4 is 0 Å². The van der Waals surface area contributed by atoms with Gasteiger partial charge in [0.1, 0.15) is 0 Å². The Kier molecular flexibility index (Phi) is 4.58. The van der Waals surface area contributed by atoms with Gasteiger partial charge in [-0.25, -0.2) is 9.59 Å². The Morgan fingerprint density at radius 1 is 1.18 bits per heavy atom. The summed E-state index contributed by atoms with van der Waals surface area (Å²) in [7, 11) is 0. The molecule has 0 spiro atoms. The van der Waals surface area contributed by atoms with E-state index in [1.165, 1.54) is 0 Å². The van der Waals surface area contributed by atoms with Crippen molar-refractivity contribution in [3.05, 3.63) is 0 Å². The summed E-state index contributed by atoms with van der Waals surface area (Å²) in [6.45, 7) is -1.58. The van der Waals surface area contributed by atoms with E-state index in [-0.39, 0.29) is 0 Å². The Bertz CT molecular complexity index is 141. The Morgan fingerprint density at radius 2 is 1.82 bits per heavy atom. The summed E-state index contributed by atoms with van der Waals surface area (Å²) < 4.78 is 11.6. The zero-order valence-corrected chi connectivity index (χ0v) is 5.35. The quantitative estimate of drug-likeness (QED) is 0.439. The zero-order chi connectivity index (χ0) is 8.69. The Balaban J connectivity index is 3.24. The molecule has 11 heavy (non-hydrogen) atoms. The van der Waals surface area contributed by atoms with Gasteiger partial charge in [0.05, 0.1) is 0 Å². The summed E-state index contributed by atoms with van der Waals surface area (Å²) >= 11 is 0. The van der Waals surface area contributed by atoms with Gasteiger partial charge in [-0.05, 0) is 0 Å². The molecule has 0 rings (SSSR count). The number of carbonyl (C=O) groups excluding carboxylic acids is 1. The number of rotatable bonds is 3. The van der Waals surface area contributed by atoms with Crippen LogP contribution in [0.2, 0.25) is 0 Å². The first kappa shape index (κ1) is 9.50. The minimum absolute atomic E-state index is 0.756. The van der Waals surface area contributed by atoms with Crippen LogP contribution in [-0.4, -0.2) is 36.1 Å². The van der Waals surface area contributed by atoms with Crippen LogP contribution in [0.25, 0.3) is 0 Å². The molecule has 0 bridgehead atoms. The molecule has 0 aromatic heterocycles. The van der Waals surface area contributed by atoms with Crippen molar-refractivity contribution in [2.75, 3.05) is 13.6 Å². The van der Waals surface area contributed by atoms with Crippen molar-refractivity contribution in [1.29, 1.82) is 0 Å². The number of aliphatic hydroxyl groups is 1. The van der Waals surface area contributed by atoms with Crippen LogP contribution in [-0.2, 0) is 14.2 Å². The van der Waals surface area contributed by atoms with Gasteiger partial charge in [-0.3, -0.25) is 0 Å². The summed E-state index contributed by atoms with van der Waals surface area (Å²) in [6, 6.07) is 0. The van der Waals surface area contributed by atoms with Gasteiger partial charge in [0, 0.05) is 0 Å². The third-order valence-corrected chi connectivity index (χ3v) is 0.542. The summed E-state index contributed by atoms with van der Waals surface area (Å²) in [6.07, 6.45) is -2.77. The maximum Gasteiger partial charge on any atom is 0.513 e. The lowest BCUT2D eigenvalue weighted by Gasteiger charge is -2.01. The van der Waals surface area contributed by atoms with E-state index in [1.807, 2.05) is 0 Å². The number of carboxylic acid groups (broad SMARTS) is 1. The van der Waals surface area contributed by atoms with Gasteiger partial charge in [-0.1, -0.05) is 0 Å². The number of carbonyl (C=O) groups is 2. The van der Waals surface area contributed by atoms with Gasteiger partial charge >= 0.3 is 12.3 Å². The standard InChI is InChI=1S/C4H6O7/c5-1-9-4(8)11-2-10-3(6)7/h5H,1-2H2,(H,6,7). The van der Waals surface area contributed by atoms with Crippen molar-refractivity contribution in [3.63, 3.8) is 0 Å². The highest BCUT2D eigenvalue weighted by molar-refractivity contribution is 5.60. The van der Waals surface area contributed by atoms with Crippen molar-refractivity contribution >= 4 is 12.3 Å². The van der Waals surface area contributed by atoms with Crippen LogP contribution in [0.15, 0.2) is 0 Å². The lowest BCUT2D eigenvalue weighted by atomic mass is 11.2. The molecule has 0 fully saturated rings. The fraction of sp³-hybridized carbons (Fsp3) is 0.500. The first-order chi connectivity index (χ1) is 5.16. The number of hydrogen-bond acceptors (Lipinski definition) is 6. The predicted octanol–water partition coefficient (Wildman–Crippen LogP) is -0.258. The highest BCUT2D eigenvalue weighted by Crippen LogP contribution is 1.85. The smallest absolute Gasteiger partial charge is 0.450 e. The lowest BCUT2D eigenvalue weighted by molar-refractivity contribution is -0.0511. The van der Waals surface area contributed by atoms with Crippen LogP contribution in [0.5, 0.6) is 0 Å². The van der Waals surface area contributed by atoms with E-state index in [2.05, 4.69) is 14.2 Å². The molecule has 0 saturated heterocycles. The van der Waals surface area contributed by atoms with Gasteiger partial charge in [0.25, 0.3) is 0 Å². The first-order valence-corrected chi connectivity index (χ1v) is 2.43. The molecule has 0 aromatic rings. The number of hydrogen-bond donors (Lipinski definition) is 2. The van der Waals surface area contributed by atoms with Crippen molar-refractivity contribution in [3.8, 4) is 0 Å². The summed E-state index contributed by atoms with van der Waals surface area (Å²) in [5.74, 6) is 0. The first-order valence-electron chi connectivity index (χ1n) is 2.43. The third kappa shape index (κ3) is 6.38. The summed E-state index contributed by atoms with van der Waals surface area (Å²) in [5, 5.41) is 15.8. The van der Waals surface area contributed by atoms with Gasteiger partial charge in [0.2, 0.25) is 6.79 Å². The molecule has 0 aliphatic carbocycles. The van der Waals surface area contributed by atoms with Crippen molar-refractivity contribution in [2.45, 2.75) is 0 Å². The van der Waals surface area contributed by atoms with E-state index < -0.39 is 25.9 Å². The van der Waals surface area contributed by atoms with Crippen molar-refractivity contribution < 1.29 is 34.0 Å². The molecular formula is C4H6O7. The minimum atomic E-state index is -1.57. The van der Waals surface area contributed by atoms with Crippen molar-refractivity contribution in [2.24, 2.45) is 0 Å². The van der Waals surface area contributed by atoms with Crippen LogP contribution >= 0.6 is 0 Å². The molecule has 0 heterocycles. The van der Waals surface area contributed by atoms with E-state index >= 15 is 0 Å². The van der Waals surface area contributed by atoms with Crippen LogP contribution in [0.1, 0.15) is 0 Å². The maximum absolute atomic E-state index is 10.1. The maximum atomic E-state index is 10.1. The monoisotopic (exact) mass is 166 g/mol. The van der Waals surface area contributed by atoms with E-state index in [9.17, 15) is 9.59 Å². The zero-order valence-electron chi connectivity index (χ0n) is 5.35. The molecule has 0 aromatic carbocycles. The average molecular weight is 166 g/mol. The second kappa shape index (κ2) is 5.30. The lowest BCUT2D eigenvalue weighted by Crippen LogP contribution is -2.12. The molecule has 7 heteroatoms. The highest BCUT2D eigenvalue weighted by atomic mass is 16.8. The molecule has 0 atom stereocenters. The van der Waals surface area contributed by atoms with E-state index in [0.717, 1.165) is 0 Å². The molecule has 0 aliphatic heterocycles. The minimum Gasteiger partial charge on any atom is -0.450 e. The number of ether oxygens (including phenoxy) is 3. The number of aliphatic hydroxyl groups excluding tert-OH is 1. The molecule has 0 unspecified atom stereocenters. The van der Waals surface area contributed by atoms with Gasteiger partial charge < -0.3 is 24.4 Å². The SMILES string of the molecule is O=C(O)OCOC(=O)OCO. The normalized spacial score (nSPS) is 8.45. The topological polar surface area (TPSA) is 102 Å². The van der Waals surface area contributed by atoms with Crippen molar-refractivity contribution in [1.82, 2.24) is 0 Å². The summed E-state index contributed by atoms with van der Waals surface area (Å²) in [5.41, 5.74) is 0. The summed E-state index contributed by atoms with van der Waals surface area (Å²) in [4.78, 5) is 19.8. The molecule has 0 aliphatic rings. The highest BCUT2D eigenvalue weighted by Gasteiger charge is 2.03. The average Bonchev–Trinajstić information content (AvgIpc) is 1.87. The molecule has 0 amide bonds. The van der Waals surface area contributed by atoms with E-state index in [4.69, 9.17) is 10.2 Å². The Morgan fingerprint density at radius 3 is 2.27 bits per heavy atom. The fourth-order valence-electron chi connectivity index (χ4n) is 0.222. The van der Waals surface area contributed by atoms with Crippen LogP contribution in [0, 0.1) is 0 Å². The van der Waals surface area contributed by atoms with Crippen LogP contribution in [0.3, 0.4) is 0 Å². The largest absolute Gasteiger partial charge is 0.513 e. The van der Waals surface area contributed by atoms with Crippen LogP contribution in [0.4, 0.5) is 9.59 Å². The second-order valence-electron chi connectivity index (χ2n) is 1.20. The molecule has 7 nitrogen and oxygen atoms in total. The van der Waals surface area contributed by atoms with Gasteiger partial charge in [0.15, 0.2) is 6.79 Å². The molecular weight excluding hydrogens is 160 g/mol.